The fraction of sp³-hybridized carbons (Fsp3) is 1.00. The molecule has 0 aliphatic rings. The number of hydrogen-bond donors (Lipinski definition) is 0. The molecule has 42 valence electrons. The highest BCUT2D eigenvalue weighted by atomic mass is 16.4. The molecule has 0 spiro atoms. The molecule has 0 bridgehead atoms. The van der Waals surface area contributed by atoms with E-state index in [2.05, 4.69) is 0 Å². The van der Waals surface area contributed by atoms with E-state index in [1.165, 1.54) is 0 Å². The van der Waals surface area contributed by atoms with Crippen LogP contribution in [0.3, 0.4) is 0 Å². The summed E-state index contributed by atoms with van der Waals surface area (Å²) >= 11 is 0. The van der Waals surface area contributed by atoms with Crippen LogP contribution in [0, 0.1) is 0 Å². The molecule has 0 aliphatic carbocycles. The molecule has 0 rings (SSSR count). The first-order valence-electron chi connectivity index (χ1n) is 2.26. The van der Waals surface area contributed by atoms with Crippen LogP contribution >= 0.6 is 0 Å². The van der Waals surface area contributed by atoms with E-state index in [0.717, 1.165) is 0 Å². The van der Waals surface area contributed by atoms with Gasteiger partial charge in [0, 0.05) is 0 Å². The van der Waals surface area contributed by atoms with Crippen molar-refractivity contribution in [2.45, 2.75) is 26.1 Å². The molecule has 0 atom stereocenters. The maximum Gasteiger partial charge on any atom is -0.0701 e. The SMILES string of the molecule is CC(C)(C)B([O-])[O-]. The third kappa shape index (κ3) is 2.65. The minimum atomic E-state index is -1.70. The monoisotopic (exact) mass is 100 g/mol. The molecular weight excluding hydrogens is 90.9 g/mol. The first-order valence-corrected chi connectivity index (χ1v) is 2.26. The van der Waals surface area contributed by atoms with Gasteiger partial charge in [0.15, 0.2) is 0 Å². The lowest BCUT2D eigenvalue weighted by molar-refractivity contribution is -0.355. The van der Waals surface area contributed by atoms with Gasteiger partial charge in [-0.15, -0.1) is 12.4 Å². The fourth-order valence-corrected chi connectivity index (χ4v) is 0. The van der Waals surface area contributed by atoms with E-state index < -0.39 is 12.4 Å². The van der Waals surface area contributed by atoms with Crippen molar-refractivity contribution in [2.24, 2.45) is 0 Å². The summed E-state index contributed by atoms with van der Waals surface area (Å²) in [6.45, 7) is 4.91. The molecule has 0 N–H and O–H groups in total. The third-order valence-electron chi connectivity index (χ3n) is 0.707. The van der Waals surface area contributed by atoms with Crippen molar-refractivity contribution in [2.75, 3.05) is 0 Å². The Morgan fingerprint density at radius 1 is 1.14 bits per heavy atom. The van der Waals surface area contributed by atoms with E-state index in [9.17, 15) is 10.0 Å². The van der Waals surface area contributed by atoms with Crippen molar-refractivity contribution in [1.29, 1.82) is 0 Å². The normalized spacial score (nSPS) is 11.6. The van der Waals surface area contributed by atoms with Crippen molar-refractivity contribution in [1.82, 2.24) is 0 Å². The van der Waals surface area contributed by atoms with Gasteiger partial charge in [0.25, 0.3) is 0 Å². The lowest BCUT2D eigenvalue weighted by Gasteiger charge is -2.41. The first-order chi connectivity index (χ1) is 2.94. The van der Waals surface area contributed by atoms with Crippen molar-refractivity contribution >= 4 is 7.12 Å². The van der Waals surface area contributed by atoms with E-state index in [1.54, 1.807) is 20.8 Å². The highest BCUT2D eigenvalue weighted by Gasteiger charge is 2.03. The summed E-state index contributed by atoms with van der Waals surface area (Å²) in [4.78, 5) is 0. The van der Waals surface area contributed by atoms with E-state index >= 15 is 0 Å². The van der Waals surface area contributed by atoms with Gasteiger partial charge in [-0.1, -0.05) is 20.8 Å². The maximum absolute atomic E-state index is 9.99. The summed E-state index contributed by atoms with van der Waals surface area (Å²) in [5, 5.41) is 19.4. The Hall–Kier alpha value is -0.0151. The molecule has 3 heteroatoms. The van der Waals surface area contributed by atoms with Gasteiger partial charge >= 0.3 is 0 Å². The van der Waals surface area contributed by atoms with E-state index in [4.69, 9.17) is 0 Å². The molecule has 0 aliphatic heterocycles. The lowest BCUT2D eigenvalue weighted by Crippen LogP contribution is -2.51. The quantitative estimate of drug-likeness (QED) is 0.366. The second-order valence-corrected chi connectivity index (χ2v) is 2.70. The van der Waals surface area contributed by atoms with Crippen LogP contribution in [0.2, 0.25) is 5.31 Å². The third-order valence-corrected chi connectivity index (χ3v) is 0.707. The van der Waals surface area contributed by atoms with Crippen LogP contribution < -0.4 is 10.0 Å². The Kier molecular flexibility index (Phi) is 1.84. The summed E-state index contributed by atoms with van der Waals surface area (Å²) in [5.41, 5.74) is 0. The van der Waals surface area contributed by atoms with Gasteiger partial charge in [-0.05, 0) is 0 Å². The fourth-order valence-electron chi connectivity index (χ4n) is 0. The van der Waals surface area contributed by atoms with Gasteiger partial charge < -0.3 is 10.0 Å². The molecule has 0 saturated carbocycles. The summed E-state index contributed by atoms with van der Waals surface area (Å²) < 4.78 is 0. The molecule has 0 aromatic carbocycles. The molecule has 0 radical (unpaired) electrons. The summed E-state index contributed by atoms with van der Waals surface area (Å²) in [5.74, 6) is 0. The van der Waals surface area contributed by atoms with E-state index in [0.29, 0.717) is 0 Å². The molecular formula is C4H9BO2-2. The molecule has 0 aromatic rings. The average Bonchev–Trinajstić information content (AvgIpc) is 1.31. The van der Waals surface area contributed by atoms with E-state index in [1.807, 2.05) is 0 Å². The van der Waals surface area contributed by atoms with Gasteiger partial charge in [0.1, 0.15) is 0 Å². The van der Waals surface area contributed by atoms with Crippen molar-refractivity contribution < 1.29 is 10.0 Å². The maximum atomic E-state index is 9.99. The molecule has 0 amide bonds. The minimum Gasteiger partial charge on any atom is -0.893 e. The summed E-state index contributed by atoms with van der Waals surface area (Å²) in [7, 11) is -1.70. The zero-order chi connectivity index (χ0) is 6.08. The Labute approximate surface area is 44.3 Å². The summed E-state index contributed by atoms with van der Waals surface area (Å²) in [6, 6.07) is 0. The molecule has 0 unspecified atom stereocenters. The van der Waals surface area contributed by atoms with Crippen LogP contribution in [0.1, 0.15) is 20.8 Å². The highest BCUT2D eigenvalue weighted by molar-refractivity contribution is 6.41. The van der Waals surface area contributed by atoms with Crippen molar-refractivity contribution in [3.05, 3.63) is 0 Å². The highest BCUT2D eigenvalue weighted by Crippen LogP contribution is 2.19. The van der Waals surface area contributed by atoms with Crippen molar-refractivity contribution in [3.8, 4) is 0 Å². The molecule has 7 heavy (non-hydrogen) atoms. The average molecular weight is 99.9 g/mol. The van der Waals surface area contributed by atoms with Gasteiger partial charge in [0.05, 0.1) is 0 Å². The standard InChI is InChI=1S/C4H9BO2/c1-4(2,3)5(6)7/h1-3H3/q-2. The number of hydrogen-bond acceptors (Lipinski definition) is 2. The number of rotatable bonds is 0. The molecule has 0 saturated heterocycles. The van der Waals surface area contributed by atoms with Gasteiger partial charge in [-0.25, -0.2) is 0 Å². The van der Waals surface area contributed by atoms with Crippen LogP contribution in [-0.2, 0) is 0 Å². The zero-order valence-corrected chi connectivity index (χ0v) is 4.89. The van der Waals surface area contributed by atoms with Gasteiger partial charge in [-0.2, -0.15) is 0 Å². The van der Waals surface area contributed by atoms with Gasteiger partial charge in [-0.3, -0.25) is 0 Å². The Bertz CT molecular complexity index is 55.2. The van der Waals surface area contributed by atoms with Crippen LogP contribution in [0.15, 0.2) is 0 Å². The summed E-state index contributed by atoms with van der Waals surface area (Å²) in [6.07, 6.45) is 0. The van der Waals surface area contributed by atoms with Crippen LogP contribution in [0.5, 0.6) is 0 Å². The smallest absolute Gasteiger partial charge is 0.0701 e. The Morgan fingerprint density at radius 3 is 1.29 bits per heavy atom. The molecule has 0 aromatic heterocycles. The van der Waals surface area contributed by atoms with Crippen LogP contribution in [-0.4, -0.2) is 7.12 Å². The molecule has 2 nitrogen and oxygen atoms in total. The second kappa shape index (κ2) is 1.84. The topological polar surface area (TPSA) is 46.1 Å². The van der Waals surface area contributed by atoms with Gasteiger partial charge in [0.2, 0.25) is 0 Å². The van der Waals surface area contributed by atoms with Crippen molar-refractivity contribution in [3.63, 3.8) is 0 Å². The molecule has 0 fully saturated rings. The second-order valence-electron chi connectivity index (χ2n) is 2.70. The Morgan fingerprint density at radius 2 is 1.29 bits per heavy atom. The predicted octanol–water partition coefficient (Wildman–Crippen LogP) is -1.00. The lowest BCUT2D eigenvalue weighted by atomic mass is 9.62. The zero-order valence-electron chi connectivity index (χ0n) is 4.89. The van der Waals surface area contributed by atoms with Crippen LogP contribution in [0.4, 0.5) is 0 Å². The first kappa shape index (κ1) is 6.98. The predicted molar refractivity (Wildman–Crippen MR) is 25.5 cm³/mol. The van der Waals surface area contributed by atoms with E-state index in [-0.39, 0.29) is 0 Å². The Balaban J connectivity index is 3.54. The minimum absolute atomic E-state index is 0.611. The largest absolute Gasteiger partial charge is 0.893 e. The molecule has 0 heterocycles. The van der Waals surface area contributed by atoms with Crippen LogP contribution in [0.25, 0.3) is 0 Å².